The van der Waals surface area contributed by atoms with E-state index in [2.05, 4.69) is 21.6 Å². The van der Waals surface area contributed by atoms with Crippen molar-refractivity contribution >= 4 is 22.4 Å². The molecule has 0 bridgehead atoms. The fraction of sp³-hybridized carbons (Fsp3) is 0.600. The largest absolute Gasteiger partial charge is 0.329 e. The van der Waals surface area contributed by atoms with Crippen LogP contribution < -0.4 is 10.2 Å². The van der Waals surface area contributed by atoms with Crippen LogP contribution in [0.15, 0.2) is 0 Å². The topological polar surface area (TPSA) is 83.1 Å². The summed E-state index contributed by atoms with van der Waals surface area (Å²) in [6.07, 6.45) is 1.28. The molecule has 0 saturated carbocycles. The molecule has 1 amide bonds. The van der Waals surface area contributed by atoms with Gasteiger partial charge in [-0.3, -0.25) is 10.1 Å². The second-order valence-corrected chi connectivity index (χ2v) is 4.76. The quantitative estimate of drug-likeness (QED) is 0.714. The van der Waals surface area contributed by atoms with E-state index < -0.39 is 0 Å². The van der Waals surface area contributed by atoms with E-state index in [1.807, 2.05) is 14.0 Å². The van der Waals surface area contributed by atoms with Gasteiger partial charge in [0.05, 0.1) is 26.1 Å². The number of aromatic nitrogens is 2. The Morgan fingerprint density at radius 3 is 2.94 bits per heavy atom. The molecule has 1 atom stereocenters. The molecule has 1 aromatic rings. The summed E-state index contributed by atoms with van der Waals surface area (Å²) in [5.74, 6) is -0.0979. The Morgan fingerprint density at radius 2 is 2.35 bits per heavy atom. The van der Waals surface area contributed by atoms with E-state index in [0.29, 0.717) is 24.6 Å². The number of likely N-dealkylation sites (N-methyl/N-ethyl adjacent to an activating group) is 1. The fourth-order valence-corrected chi connectivity index (χ4v) is 1.94. The van der Waals surface area contributed by atoms with Crippen LogP contribution in [0.2, 0.25) is 0 Å². The summed E-state index contributed by atoms with van der Waals surface area (Å²) in [5.41, 5.74) is 0. The maximum Gasteiger partial charge on any atom is 0.281 e. The molecule has 7 heteroatoms. The molecule has 6 nitrogen and oxygen atoms in total. The van der Waals surface area contributed by atoms with Crippen molar-refractivity contribution < 1.29 is 9.69 Å². The monoisotopic (exact) mass is 254 g/mol. The number of anilines is 1. The third-order valence-electron chi connectivity index (χ3n) is 2.14. The van der Waals surface area contributed by atoms with E-state index in [1.54, 1.807) is 0 Å². The molecule has 1 aromatic heterocycles. The molecule has 0 aromatic carbocycles. The summed E-state index contributed by atoms with van der Waals surface area (Å²) < 4.78 is 0. The van der Waals surface area contributed by atoms with E-state index in [-0.39, 0.29) is 5.91 Å². The molecule has 0 saturated heterocycles. The number of nitrogens with zero attached hydrogens (tertiary/aromatic N) is 3. The predicted molar refractivity (Wildman–Crippen MR) is 64.8 cm³/mol. The summed E-state index contributed by atoms with van der Waals surface area (Å²) in [5, 5.41) is 20.4. The van der Waals surface area contributed by atoms with Gasteiger partial charge in [0.2, 0.25) is 5.13 Å². The van der Waals surface area contributed by atoms with Crippen LogP contribution in [0.25, 0.3) is 0 Å². The van der Waals surface area contributed by atoms with Crippen molar-refractivity contribution in [3.05, 3.63) is 5.01 Å². The summed E-state index contributed by atoms with van der Waals surface area (Å²) in [6.45, 7) is 2.99. The highest BCUT2D eigenvalue weighted by atomic mass is 32.1. The van der Waals surface area contributed by atoms with Gasteiger partial charge in [-0.05, 0) is 6.42 Å². The normalized spacial score (nSPS) is 11.8. The Bertz CT molecular complexity index is 411. The van der Waals surface area contributed by atoms with Crippen LogP contribution >= 0.6 is 11.3 Å². The van der Waals surface area contributed by atoms with Crippen molar-refractivity contribution in [3.8, 4) is 6.07 Å². The van der Waals surface area contributed by atoms with Gasteiger partial charge in [-0.2, -0.15) is 5.26 Å². The summed E-state index contributed by atoms with van der Waals surface area (Å²) in [6, 6.07) is 2.06. The number of nitrogens with one attached hydrogen (secondary N) is 2. The number of aryl methyl sites for hydroxylation is 1. The third-order valence-corrected chi connectivity index (χ3v) is 3.12. The molecule has 17 heavy (non-hydrogen) atoms. The smallest absolute Gasteiger partial charge is 0.281 e. The molecule has 1 rings (SSSR count). The van der Waals surface area contributed by atoms with Gasteiger partial charge in [-0.15, -0.1) is 10.2 Å². The maximum absolute atomic E-state index is 11.6. The Morgan fingerprint density at radius 1 is 1.59 bits per heavy atom. The second kappa shape index (κ2) is 6.93. The van der Waals surface area contributed by atoms with Crippen LogP contribution in [0.5, 0.6) is 0 Å². The number of quaternary nitrogens is 1. The summed E-state index contributed by atoms with van der Waals surface area (Å²) >= 11 is 1.39. The minimum Gasteiger partial charge on any atom is -0.329 e. The van der Waals surface area contributed by atoms with Crippen LogP contribution in [-0.4, -0.2) is 36.2 Å². The number of nitriles is 1. The number of hydrogen-bond acceptors (Lipinski definition) is 5. The first-order chi connectivity index (χ1) is 8.15. The fourth-order valence-electron chi connectivity index (χ4n) is 1.24. The third kappa shape index (κ3) is 4.89. The number of carbonyl (C=O) groups excluding carboxylic acids is 1. The van der Waals surface area contributed by atoms with Crippen LogP contribution in [0, 0.1) is 11.3 Å². The van der Waals surface area contributed by atoms with Gasteiger partial charge in [0, 0.05) is 0 Å². The highest BCUT2D eigenvalue weighted by molar-refractivity contribution is 7.15. The minimum absolute atomic E-state index is 0.0979. The molecular weight excluding hydrogens is 238 g/mol. The van der Waals surface area contributed by atoms with Gasteiger partial charge in [-0.25, -0.2) is 0 Å². The highest BCUT2D eigenvalue weighted by Crippen LogP contribution is 2.14. The molecule has 1 heterocycles. The van der Waals surface area contributed by atoms with Crippen LogP contribution in [-0.2, 0) is 11.2 Å². The van der Waals surface area contributed by atoms with E-state index >= 15 is 0 Å². The lowest BCUT2D eigenvalue weighted by molar-refractivity contribution is -0.870. The van der Waals surface area contributed by atoms with Crippen molar-refractivity contribution in [2.24, 2.45) is 0 Å². The molecule has 0 aliphatic carbocycles. The van der Waals surface area contributed by atoms with Gasteiger partial charge in [0.25, 0.3) is 5.91 Å². The number of hydrogen-bond donors (Lipinski definition) is 2. The van der Waals surface area contributed by atoms with Gasteiger partial charge >= 0.3 is 0 Å². The molecule has 0 aliphatic rings. The molecule has 1 unspecified atom stereocenters. The minimum atomic E-state index is -0.0979. The molecular formula is C10H16N5OS+. The van der Waals surface area contributed by atoms with Crippen molar-refractivity contribution in [2.75, 3.05) is 25.5 Å². The van der Waals surface area contributed by atoms with E-state index in [4.69, 9.17) is 5.26 Å². The van der Waals surface area contributed by atoms with Gasteiger partial charge in [0.15, 0.2) is 6.54 Å². The predicted octanol–water partition coefficient (Wildman–Crippen LogP) is -0.533. The lowest BCUT2D eigenvalue weighted by Crippen LogP contribution is -3.10. The number of carbonyl (C=O) groups is 1. The zero-order valence-corrected chi connectivity index (χ0v) is 10.8. The number of rotatable bonds is 6. The molecule has 0 radical (unpaired) electrons. The Hall–Kier alpha value is -1.52. The molecule has 0 spiro atoms. The van der Waals surface area contributed by atoms with Crippen LogP contribution in [0.1, 0.15) is 18.4 Å². The van der Waals surface area contributed by atoms with Gasteiger partial charge in [-0.1, -0.05) is 18.3 Å². The number of amides is 1. The first kappa shape index (κ1) is 13.5. The second-order valence-electron chi connectivity index (χ2n) is 3.69. The van der Waals surface area contributed by atoms with Crippen molar-refractivity contribution in [1.82, 2.24) is 10.2 Å². The van der Waals surface area contributed by atoms with E-state index in [9.17, 15) is 4.79 Å². The average molecular weight is 254 g/mol. The SMILES string of the molecule is CCc1nnc(NC(=O)C[NH+](C)CCC#N)s1. The van der Waals surface area contributed by atoms with E-state index in [1.165, 1.54) is 11.3 Å². The van der Waals surface area contributed by atoms with Crippen LogP contribution in [0.4, 0.5) is 5.13 Å². The van der Waals surface area contributed by atoms with Crippen molar-refractivity contribution in [3.63, 3.8) is 0 Å². The van der Waals surface area contributed by atoms with Gasteiger partial charge in [0.1, 0.15) is 5.01 Å². The molecule has 0 fully saturated rings. The highest BCUT2D eigenvalue weighted by Gasteiger charge is 2.12. The maximum atomic E-state index is 11.6. The van der Waals surface area contributed by atoms with E-state index in [0.717, 1.165) is 16.3 Å². The lowest BCUT2D eigenvalue weighted by atomic mass is 10.4. The standard InChI is InChI=1S/C10H15N5OS/c1-3-9-13-14-10(17-9)12-8(16)7-15(2)6-4-5-11/h3-4,6-7H2,1-2H3,(H,12,14,16)/p+1. The Balaban J connectivity index is 2.36. The first-order valence-corrected chi connectivity index (χ1v) is 6.27. The zero-order valence-electron chi connectivity index (χ0n) is 9.99. The van der Waals surface area contributed by atoms with Crippen molar-refractivity contribution in [2.45, 2.75) is 19.8 Å². The molecule has 0 aliphatic heterocycles. The average Bonchev–Trinajstić information content (AvgIpc) is 2.73. The van der Waals surface area contributed by atoms with Gasteiger partial charge < -0.3 is 4.90 Å². The molecule has 92 valence electrons. The first-order valence-electron chi connectivity index (χ1n) is 5.46. The summed E-state index contributed by atoms with van der Waals surface area (Å²) in [4.78, 5) is 12.6. The molecule has 2 N–H and O–H groups in total. The van der Waals surface area contributed by atoms with Crippen molar-refractivity contribution in [1.29, 1.82) is 5.26 Å². The van der Waals surface area contributed by atoms with Crippen LogP contribution in [0.3, 0.4) is 0 Å². The summed E-state index contributed by atoms with van der Waals surface area (Å²) in [7, 11) is 1.88. The Kier molecular flexibility index (Phi) is 5.52. The Labute approximate surface area is 104 Å². The zero-order chi connectivity index (χ0) is 12.7. The lowest BCUT2D eigenvalue weighted by Gasteiger charge is -2.10.